The number of carbonyl (C=O) groups excluding carboxylic acids is 1. The Morgan fingerprint density at radius 1 is 0.872 bits per heavy atom. The van der Waals surface area contributed by atoms with Crippen LogP contribution in [0.1, 0.15) is 93.6 Å². The molecule has 251 valence electrons. The number of aromatic nitrogens is 2. The fourth-order valence-electron chi connectivity index (χ4n) is 5.51. The van der Waals surface area contributed by atoms with Gasteiger partial charge in [0, 0.05) is 72.2 Å². The number of aliphatic hydroxyl groups is 1. The molecule has 1 N–H and O–H groups in total. The molecule has 0 aliphatic rings. The van der Waals surface area contributed by atoms with E-state index in [1.54, 1.807) is 12.5 Å². The van der Waals surface area contributed by atoms with Crippen LogP contribution in [0.3, 0.4) is 0 Å². The van der Waals surface area contributed by atoms with Crippen molar-refractivity contribution >= 4 is 27.5 Å². The maximum atomic E-state index is 12.2. The molecule has 0 saturated carbocycles. The van der Waals surface area contributed by atoms with Gasteiger partial charge in [0.1, 0.15) is 11.3 Å². The SMILES string of the molecule is CC(C)(C)c1cc(-c2cc(-c3coc4ccncc34)ccn2)[c-]c2ccccc12.CCC(C)(CC)C(=O)/C=C(\O)C(C)(CC)CC.[Ir]. The summed E-state index contributed by atoms with van der Waals surface area (Å²) in [5.74, 6) is 0.286. The van der Waals surface area contributed by atoms with E-state index in [4.69, 9.17) is 4.42 Å². The second-order valence-corrected chi connectivity index (χ2v) is 13.8. The summed E-state index contributed by atoms with van der Waals surface area (Å²) in [7, 11) is 0. The molecule has 0 aliphatic heterocycles. The molecule has 0 unspecified atom stereocenters. The third kappa shape index (κ3) is 8.28. The minimum atomic E-state index is -0.337. The van der Waals surface area contributed by atoms with Crippen LogP contribution in [0.5, 0.6) is 0 Å². The van der Waals surface area contributed by atoms with Gasteiger partial charge in [0.05, 0.1) is 6.26 Å². The molecule has 0 spiro atoms. The Morgan fingerprint density at radius 3 is 2.17 bits per heavy atom. The predicted molar refractivity (Wildman–Crippen MR) is 191 cm³/mol. The molecular formula is C41H49IrN2O3-. The van der Waals surface area contributed by atoms with Crippen LogP contribution < -0.4 is 0 Å². The first-order valence-electron chi connectivity index (χ1n) is 16.5. The summed E-state index contributed by atoms with van der Waals surface area (Å²) in [6.45, 7) is 18.8. The molecule has 0 saturated heterocycles. The standard InChI is InChI=1S/C26H21N2O.C15H28O2.Ir/c1-26(2,3)23-13-19(12-17-6-4-5-7-20(17)23)24-14-18(8-11-28-24)22-16-29-25-9-10-27-15-21(22)25;1-7-14(5,8-2)12(16)11-13(17)15(6,9-3)10-4;/h4-11,13-16H,1-3H3;11,16H,7-10H2,1-6H3;/q-1;;/b;12-11-;. The number of aliphatic hydroxyl groups excluding tert-OH is 1. The van der Waals surface area contributed by atoms with Gasteiger partial charge in [-0.2, -0.15) is 0 Å². The normalized spacial score (nSPS) is 12.4. The van der Waals surface area contributed by atoms with Crippen LogP contribution in [-0.2, 0) is 30.3 Å². The number of rotatable bonds is 9. The van der Waals surface area contributed by atoms with Crippen molar-refractivity contribution in [1.82, 2.24) is 9.97 Å². The minimum absolute atomic E-state index is 0. The van der Waals surface area contributed by atoms with E-state index in [1.807, 2.05) is 66.1 Å². The fourth-order valence-corrected chi connectivity index (χ4v) is 5.51. The van der Waals surface area contributed by atoms with E-state index in [2.05, 4.69) is 73.2 Å². The summed E-state index contributed by atoms with van der Waals surface area (Å²) in [5.41, 5.74) is 5.53. The molecular weight excluding hydrogens is 761 g/mol. The second kappa shape index (κ2) is 15.5. The van der Waals surface area contributed by atoms with Crippen molar-refractivity contribution in [3.63, 3.8) is 0 Å². The van der Waals surface area contributed by atoms with Crippen LogP contribution in [0.15, 0.2) is 89.6 Å². The summed E-state index contributed by atoms with van der Waals surface area (Å²) in [6, 6.07) is 20.2. The first-order chi connectivity index (χ1) is 21.8. The Balaban J connectivity index is 0.000000290. The third-order valence-corrected chi connectivity index (χ3v) is 9.91. The topological polar surface area (TPSA) is 76.2 Å². The second-order valence-electron chi connectivity index (χ2n) is 13.8. The van der Waals surface area contributed by atoms with Gasteiger partial charge in [-0.1, -0.05) is 97.5 Å². The monoisotopic (exact) mass is 810 g/mol. The van der Waals surface area contributed by atoms with Gasteiger partial charge in [-0.05, 0) is 48.8 Å². The van der Waals surface area contributed by atoms with Crippen molar-refractivity contribution in [1.29, 1.82) is 0 Å². The van der Waals surface area contributed by atoms with E-state index in [9.17, 15) is 9.90 Å². The summed E-state index contributed by atoms with van der Waals surface area (Å²) in [5, 5.41) is 13.5. The molecule has 2 aromatic carbocycles. The van der Waals surface area contributed by atoms with Gasteiger partial charge in [0.15, 0.2) is 5.78 Å². The molecule has 6 heteroatoms. The van der Waals surface area contributed by atoms with Gasteiger partial charge in [0.2, 0.25) is 0 Å². The molecule has 5 aromatic rings. The van der Waals surface area contributed by atoms with Crippen molar-refractivity contribution in [2.75, 3.05) is 0 Å². The number of fused-ring (bicyclic) bond motifs is 2. The van der Waals surface area contributed by atoms with Crippen LogP contribution in [0.4, 0.5) is 0 Å². The Bertz CT molecular complexity index is 1840. The van der Waals surface area contributed by atoms with Crippen molar-refractivity contribution in [2.24, 2.45) is 10.8 Å². The number of furan rings is 1. The molecule has 0 bridgehead atoms. The van der Waals surface area contributed by atoms with Gasteiger partial charge in [0.25, 0.3) is 0 Å². The number of hydrogen-bond donors (Lipinski definition) is 1. The van der Waals surface area contributed by atoms with Crippen LogP contribution in [0.25, 0.3) is 44.1 Å². The molecule has 0 atom stereocenters. The summed E-state index contributed by atoms with van der Waals surface area (Å²) in [4.78, 5) is 21.1. The number of benzene rings is 2. The van der Waals surface area contributed by atoms with E-state index in [0.717, 1.165) is 64.4 Å². The number of nitrogens with zero attached hydrogens (tertiary/aromatic N) is 2. The fraction of sp³-hybridized carbons (Fsp3) is 0.390. The first kappa shape index (κ1) is 37.9. The number of hydrogen-bond acceptors (Lipinski definition) is 5. The Hall–Kier alpha value is -3.60. The molecule has 3 aromatic heterocycles. The Morgan fingerprint density at radius 2 is 1.53 bits per heavy atom. The summed E-state index contributed by atoms with van der Waals surface area (Å²) in [6.07, 6.45) is 12.0. The van der Waals surface area contributed by atoms with E-state index < -0.39 is 0 Å². The minimum Gasteiger partial charge on any atom is -0.512 e. The van der Waals surface area contributed by atoms with Crippen LogP contribution >= 0.6 is 0 Å². The Labute approximate surface area is 294 Å². The zero-order chi connectivity index (χ0) is 33.7. The molecule has 0 fully saturated rings. The molecule has 1 radical (unpaired) electrons. The van der Waals surface area contributed by atoms with Crippen LogP contribution in [-0.4, -0.2) is 20.9 Å². The molecule has 3 heterocycles. The number of ketones is 1. The third-order valence-electron chi connectivity index (χ3n) is 9.91. The molecule has 47 heavy (non-hydrogen) atoms. The molecule has 0 aliphatic carbocycles. The average molecular weight is 810 g/mol. The molecule has 0 amide bonds. The number of allylic oxidation sites excluding steroid dienone is 2. The smallest absolute Gasteiger partial charge is 0.164 e. The Kier molecular flexibility index (Phi) is 12.5. The maximum absolute atomic E-state index is 12.2. The van der Waals surface area contributed by atoms with E-state index in [1.165, 1.54) is 17.0 Å². The first-order valence-corrected chi connectivity index (χ1v) is 16.5. The van der Waals surface area contributed by atoms with Gasteiger partial charge in [-0.25, -0.2) is 0 Å². The zero-order valence-corrected chi connectivity index (χ0v) is 31.7. The van der Waals surface area contributed by atoms with Crippen molar-refractivity contribution < 1.29 is 34.4 Å². The summed E-state index contributed by atoms with van der Waals surface area (Å²) < 4.78 is 5.70. The van der Waals surface area contributed by atoms with Crippen LogP contribution in [0, 0.1) is 16.9 Å². The molecule has 5 rings (SSSR count). The largest absolute Gasteiger partial charge is 0.512 e. The molecule has 5 nitrogen and oxygen atoms in total. The van der Waals surface area contributed by atoms with Gasteiger partial charge >= 0.3 is 0 Å². The van der Waals surface area contributed by atoms with Gasteiger partial charge in [-0.3, -0.25) is 14.8 Å². The van der Waals surface area contributed by atoms with Gasteiger partial charge < -0.3 is 9.52 Å². The average Bonchev–Trinajstić information content (AvgIpc) is 3.51. The van der Waals surface area contributed by atoms with Crippen molar-refractivity contribution in [3.05, 3.63) is 96.8 Å². The van der Waals surface area contributed by atoms with E-state index >= 15 is 0 Å². The van der Waals surface area contributed by atoms with Gasteiger partial charge in [-0.15, -0.1) is 29.1 Å². The quantitative estimate of drug-likeness (QED) is 0.0912. The zero-order valence-electron chi connectivity index (χ0n) is 29.3. The predicted octanol–water partition coefficient (Wildman–Crippen LogP) is 11.5. The van der Waals surface area contributed by atoms with Crippen molar-refractivity contribution in [3.8, 4) is 22.4 Å². The van der Waals surface area contributed by atoms with E-state index in [0.29, 0.717) is 0 Å². The number of carbonyl (C=O) groups is 1. The van der Waals surface area contributed by atoms with E-state index in [-0.39, 0.29) is 47.9 Å². The maximum Gasteiger partial charge on any atom is 0.164 e. The van der Waals surface area contributed by atoms with Crippen LogP contribution in [0.2, 0.25) is 0 Å². The summed E-state index contributed by atoms with van der Waals surface area (Å²) >= 11 is 0. The number of pyridine rings is 2. The van der Waals surface area contributed by atoms with Crippen molar-refractivity contribution in [2.45, 2.75) is 93.4 Å².